The minimum Gasteiger partial charge on any atom is -0.375 e. The van der Waals surface area contributed by atoms with Crippen molar-refractivity contribution in [2.45, 2.75) is 43.9 Å². The van der Waals surface area contributed by atoms with Crippen LogP contribution < -0.4 is 5.32 Å². The molecular formula is C19H26N2O2. The summed E-state index contributed by atoms with van der Waals surface area (Å²) in [7, 11) is 0. The topological polar surface area (TPSA) is 41.6 Å². The van der Waals surface area contributed by atoms with E-state index >= 15 is 0 Å². The van der Waals surface area contributed by atoms with E-state index in [-0.39, 0.29) is 17.6 Å². The first-order chi connectivity index (χ1) is 11.2. The van der Waals surface area contributed by atoms with E-state index in [4.69, 9.17) is 4.74 Å². The lowest BCUT2D eigenvalue weighted by Gasteiger charge is -2.46. The number of carbonyl (C=O) groups excluding carboxylic acids is 1. The molecule has 124 valence electrons. The van der Waals surface area contributed by atoms with Gasteiger partial charge in [-0.3, -0.25) is 9.69 Å². The van der Waals surface area contributed by atoms with E-state index in [0.29, 0.717) is 0 Å². The third kappa shape index (κ3) is 4.21. The number of nitrogens with zero attached hydrogens (tertiary/aromatic N) is 1. The average molecular weight is 314 g/mol. The largest absolute Gasteiger partial charge is 0.375 e. The zero-order valence-electron chi connectivity index (χ0n) is 13.7. The van der Waals surface area contributed by atoms with Crippen LogP contribution in [0.5, 0.6) is 0 Å². The first-order valence-corrected chi connectivity index (χ1v) is 8.52. The molecule has 3 rings (SSSR count). The maximum Gasteiger partial charge on any atom is 0.243 e. The van der Waals surface area contributed by atoms with E-state index in [2.05, 4.69) is 47.1 Å². The summed E-state index contributed by atoms with van der Waals surface area (Å²) in [6.45, 7) is 7.38. The highest BCUT2D eigenvalue weighted by atomic mass is 16.5. The van der Waals surface area contributed by atoms with E-state index in [1.165, 1.54) is 11.6 Å². The number of rotatable bonds is 4. The normalized spacial score (nSPS) is 24.3. The van der Waals surface area contributed by atoms with Crippen LogP contribution in [-0.4, -0.2) is 42.1 Å². The van der Waals surface area contributed by atoms with E-state index in [1.54, 1.807) is 0 Å². The van der Waals surface area contributed by atoms with Crippen LogP contribution >= 0.6 is 0 Å². The number of piperidine rings is 1. The van der Waals surface area contributed by atoms with Crippen LogP contribution in [0, 0.1) is 0 Å². The molecule has 2 aliphatic heterocycles. The number of carbonyl (C=O) groups is 1. The summed E-state index contributed by atoms with van der Waals surface area (Å²) in [5.74, 6) is -0.0754. The molecular weight excluding hydrogens is 288 g/mol. The molecule has 1 unspecified atom stereocenters. The van der Waals surface area contributed by atoms with Crippen molar-refractivity contribution < 1.29 is 9.53 Å². The Balaban J connectivity index is 1.52. The minimum atomic E-state index is -0.0754. The molecule has 0 radical (unpaired) electrons. The molecule has 0 aliphatic carbocycles. The van der Waals surface area contributed by atoms with Crippen molar-refractivity contribution in [2.24, 2.45) is 0 Å². The van der Waals surface area contributed by atoms with E-state index < -0.39 is 0 Å². The van der Waals surface area contributed by atoms with Crippen molar-refractivity contribution >= 4 is 5.91 Å². The summed E-state index contributed by atoms with van der Waals surface area (Å²) < 4.78 is 6.15. The van der Waals surface area contributed by atoms with Gasteiger partial charge in [-0.1, -0.05) is 36.9 Å². The van der Waals surface area contributed by atoms with Crippen molar-refractivity contribution in [3.63, 3.8) is 0 Å². The molecule has 4 nitrogen and oxygen atoms in total. The van der Waals surface area contributed by atoms with Gasteiger partial charge in [0.05, 0.1) is 5.60 Å². The molecule has 1 N–H and O–H groups in total. The Hall–Kier alpha value is -1.65. The van der Waals surface area contributed by atoms with Gasteiger partial charge >= 0.3 is 0 Å². The molecule has 2 heterocycles. The van der Waals surface area contributed by atoms with Crippen molar-refractivity contribution in [2.75, 3.05) is 19.7 Å². The summed E-state index contributed by atoms with van der Waals surface area (Å²) in [6.07, 6.45) is 5.26. The summed E-state index contributed by atoms with van der Waals surface area (Å²) in [6, 6.07) is 10.8. The number of ether oxygens (including phenoxy) is 1. The maximum atomic E-state index is 11.5. The Labute approximate surface area is 138 Å². The predicted molar refractivity (Wildman–Crippen MR) is 91.0 cm³/mol. The molecule has 1 aromatic carbocycles. The van der Waals surface area contributed by atoms with Gasteiger partial charge in [0.1, 0.15) is 0 Å². The fourth-order valence-electron chi connectivity index (χ4n) is 3.72. The average Bonchev–Trinajstić information content (AvgIpc) is 2.58. The van der Waals surface area contributed by atoms with Crippen LogP contribution in [0.4, 0.5) is 0 Å². The molecule has 1 aromatic rings. The zero-order valence-corrected chi connectivity index (χ0v) is 13.7. The van der Waals surface area contributed by atoms with E-state index in [1.807, 2.05) is 0 Å². The molecule has 1 amide bonds. The Kier molecular flexibility index (Phi) is 5.13. The monoisotopic (exact) mass is 314 g/mol. The number of hydrogen-bond acceptors (Lipinski definition) is 3. The SMILES string of the molecule is C=CC(=O)NC1CCOC2(CCN(Cc3ccccc3)CC2)C1. The Morgan fingerprint density at radius 2 is 2.09 bits per heavy atom. The van der Waals surface area contributed by atoms with Crippen LogP contribution in [0.1, 0.15) is 31.2 Å². The smallest absolute Gasteiger partial charge is 0.243 e. The minimum absolute atomic E-state index is 0.0510. The van der Waals surface area contributed by atoms with Crippen molar-refractivity contribution in [1.29, 1.82) is 0 Å². The highest BCUT2D eigenvalue weighted by Gasteiger charge is 2.40. The summed E-state index contributed by atoms with van der Waals surface area (Å²) >= 11 is 0. The van der Waals surface area contributed by atoms with Gasteiger partial charge in [0.2, 0.25) is 5.91 Å². The molecule has 1 spiro atoms. The van der Waals surface area contributed by atoms with Gasteiger partial charge in [0.25, 0.3) is 0 Å². The summed E-state index contributed by atoms with van der Waals surface area (Å²) in [5.41, 5.74) is 1.31. The fraction of sp³-hybridized carbons (Fsp3) is 0.526. The van der Waals surface area contributed by atoms with Crippen molar-refractivity contribution in [1.82, 2.24) is 10.2 Å². The Morgan fingerprint density at radius 1 is 1.35 bits per heavy atom. The predicted octanol–water partition coefficient (Wildman–Crippen LogP) is 2.50. The van der Waals surface area contributed by atoms with Crippen LogP contribution in [0.3, 0.4) is 0 Å². The standard InChI is InChI=1S/C19H26N2O2/c1-2-18(22)20-17-8-13-23-19(14-17)9-11-21(12-10-19)15-16-6-4-3-5-7-16/h2-7,17H,1,8-15H2,(H,20,22). The third-order valence-corrected chi connectivity index (χ3v) is 5.04. The van der Waals surface area contributed by atoms with Crippen LogP contribution in [0.2, 0.25) is 0 Å². The molecule has 0 bridgehead atoms. The maximum absolute atomic E-state index is 11.5. The Morgan fingerprint density at radius 3 is 2.78 bits per heavy atom. The highest BCUT2D eigenvalue weighted by Crippen LogP contribution is 2.35. The lowest BCUT2D eigenvalue weighted by Crippen LogP contribution is -2.53. The van der Waals surface area contributed by atoms with Gasteiger partial charge in [0, 0.05) is 32.3 Å². The van der Waals surface area contributed by atoms with Gasteiger partial charge < -0.3 is 10.1 Å². The molecule has 2 aliphatic rings. The number of benzene rings is 1. The summed E-state index contributed by atoms with van der Waals surface area (Å²) in [4.78, 5) is 14.0. The number of likely N-dealkylation sites (tertiary alicyclic amines) is 1. The molecule has 2 saturated heterocycles. The molecule has 1 atom stereocenters. The lowest BCUT2D eigenvalue weighted by atomic mass is 9.82. The number of amides is 1. The first-order valence-electron chi connectivity index (χ1n) is 8.52. The van der Waals surface area contributed by atoms with Gasteiger partial charge in [-0.15, -0.1) is 0 Å². The second-order valence-corrected chi connectivity index (χ2v) is 6.70. The van der Waals surface area contributed by atoms with Gasteiger partial charge in [-0.2, -0.15) is 0 Å². The van der Waals surface area contributed by atoms with Crippen LogP contribution in [0.15, 0.2) is 43.0 Å². The van der Waals surface area contributed by atoms with E-state index in [0.717, 1.165) is 51.9 Å². The molecule has 0 saturated carbocycles. The third-order valence-electron chi connectivity index (χ3n) is 5.04. The molecule has 0 aromatic heterocycles. The number of hydrogen-bond donors (Lipinski definition) is 1. The molecule has 23 heavy (non-hydrogen) atoms. The van der Waals surface area contributed by atoms with Crippen molar-refractivity contribution in [3.8, 4) is 0 Å². The van der Waals surface area contributed by atoms with Crippen LogP contribution in [-0.2, 0) is 16.1 Å². The second-order valence-electron chi connectivity index (χ2n) is 6.70. The molecule has 2 fully saturated rings. The number of nitrogens with one attached hydrogen (secondary N) is 1. The quantitative estimate of drug-likeness (QED) is 0.868. The fourth-order valence-corrected chi connectivity index (χ4v) is 3.72. The van der Waals surface area contributed by atoms with Crippen LogP contribution in [0.25, 0.3) is 0 Å². The highest BCUT2D eigenvalue weighted by molar-refractivity contribution is 5.87. The zero-order chi connectivity index (χ0) is 16.1. The first kappa shape index (κ1) is 16.2. The van der Waals surface area contributed by atoms with Gasteiger partial charge in [0.15, 0.2) is 0 Å². The second kappa shape index (κ2) is 7.28. The lowest BCUT2D eigenvalue weighted by molar-refractivity contribution is -0.129. The van der Waals surface area contributed by atoms with Gasteiger partial charge in [-0.25, -0.2) is 0 Å². The van der Waals surface area contributed by atoms with Crippen molar-refractivity contribution in [3.05, 3.63) is 48.6 Å². The Bertz CT molecular complexity index is 536. The van der Waals surface area contributed by atoms with E-state index in [9.17, 15) is 4.79 Å². The molecule has 4 heteroatoms. The van der Waals surface area contributed by atoms with Gasteiger partial charge in [-0.05, 0) is 37.3 Å². The summed E-state index contributed by atoms with van der Waals surface area (Å²) in [5, 5.41) is 3.04.